The van der Waals surface area contributed by atoms with Gasteiger partial charge in [0, 0.05) is 32.7 Å². The van der Waals surface area contributed by atoms with Crippen molar-refractivity contribution in [2.45, 2.75) is 25.3 Å². The summed E-state index contributed by atoms with van der Waals surface area (Å²) in [5.74, 6) is 0.843. The predicted octanol–water partition coefficient (Wildman–Crippen LogP) is 2.11. The van der Waals surface area contributed by atoms with E-state index < -0.39 is 0 Å². The molecule has 0 aromatic heterocycles. The lowest BCUT2D eigenvalue weighted by molar-refractivity contribution is 0.148. The molecule has 1 aliphatic carbocycles. The van der Waals surface area contributed by atoms with Crippen LogP contribution >= 0.6 is 0 Å². The van der Waals surface area contributed by atoms with Gasteiger partial charge in [-0.3, -0.25) is 4.90 Å². The highest BCUT2D eigenvalue weighted by molar-refractivity contribution is 5.32. The van der Waals surface area contributed by atoms with Gasteiger partial charge in [-0.05, 0) is 43.0 Å². The van der Waals surface area contributed by atoms with Crippen molar-refractivity contribution >= 4 is 0 Å². The van der Waals surface area contributed by atoms with Gasteiger partial charge in [-0.2, -0.15) is 0 Å². The van der Waals surface area contributed by atoms with Crippen molar-refractivity contribution in [1.82, 2.24) is 9.80 Å². The Bertz CT molecular complexity index is 376. The Morgan fingerprint density at radius 3 is 2.71 bits per heavy atom. The molecule has 1 aromatic carbocycles. The first-order chi connectivity index (χ1) is 8.33. The average molecular weight is 229 g/mol. The Morgan fingerprint density at radius 1 is 1.24 bits per heavy atom. The Labute approximate surface area is 104 Å². The van der Waals surface area contributed by atoms with Crippen LogP contribution in [0.4, 0.5) is 0 Å². The summed E-state index contributed by atoms with van der Waals surface area (Å²) >= 11 is 0. The van der Waals surface area contributed by atoms with E-state index in [2.05, 4.69) is 41.1 Å². The molecule has 0 amide bonds. The lowest BCUT2D eigenvalue weighted by Crippen LogP contribution is -2.44. The van der Waals surface area contributed by atoms with E-state index in [1.165, 1.54) is 44.6 Å². The van der Waals surface area contributed by atoms with Crippen LogP contribution < -0.4 is 0 Å². The molecule has 2 aliphatic rings. The number of piperazine rings is 1. The van der Waals surface area contributed by atoms with Crippen molar-refractivity contribution in [3.63, 3.8) is 0 Å². The van der Waals surface area contributed by atoms with Crippen molar-refractivity contribution in [3.8, 4) is 0 Å². The maximum absolute atomic E-state index is 3.24. The molecule has 0 atom stereocenters. The third-order valence-electron chi connectivity index (χ3n) is 4.00. The zero-order chi connectivity index (χ0) is 11.7. The van der Waals surface area contributed by atoms with E-state index in [1.54, 1.807) is 5.56 Å². The molecular weight excluding hydrogens is 208 g/mol. The molecule has 3 rings (SSSR count). The number of likely N-dealkylation sites (N-methyl/N-ethyl adjacent to an activating group) is 1. The molecule has 0 N–H and O–H groups in total. The van der Waals surface area contributed by atoms with Crippen LogP contribution in [0.1, 0.15) is 29.9 Å². The van der Waals surface area contributed by atoms with Crippen molar-refractivity contribution in [2.24, 2.45) is 0 Å². The second kappa shape index (κ2) is 4.79. The zero-order valence-electron chi connectivity index (χ0n) is 10.7. The summed E-state index contributed by atoms with van der Waals surface area (Å²) in [6.45, 7) is 5.96. The highest BCUT2D eigenvalue weighted by atomic mass is 15.2. The Morgan fingerprint density at radius 2 is 2.00 bits per heavy atom. The first-order valence-corrected chi connectivity index (χ1v) is 6.73. The van der Waals surface area contributed by atoms with Crippen LogP contribution in [0.3, 0.4) is 0 Å². The largest absolute Gasteiger partial charge is 0.304 e. The molecule has 2 fully saturated rings. The van der Waals surface area contributed by atoms with E-state index in [1.807, 2.05) is 0 Å². The summed E-state index contributed by atoms with van der Waals surface area (Å²) in [5, 5.41) is 0. The van der Waals surface area contributed by atoms with Gasteiger partial charge in [-0.25, -0.2) is 0 Å². The topological polar surface area (TPSA) is 6.48 Å². The predicted molar refractivity (Wildman–Crippen MR) is 70.0 cm³/mol. The summed E-state index contributed by atoms with van der Waals surface area (Å²) in [6.07, 6.45) is 2.77. The standard InChI is InChI=1S/C15H21N2/c1-16-8-10-17(11-9-16)12-14-4-2-3-5-15(14)13-6-7-13/h2,4-5,13H,6-12H2,1H3. The fourth-order valence-electron chi connectivity index (χ4n) is 2.64. The van der Waals surface area contributed by atoms with Crippen molar-refractivity contribution in [2.75, 3.05) is 33.2 Å². The monoisotopic (exact) mass is 229 g/mol. The Balaban J connectivity index is 1.68. The van der Waals surface area contributed by atoms with E-state index >= 15 is 0 Å². The SMILES string of the molecule is CN1CCN(Cc2cc[c]cc2C2CC2)CC1. The van der Waals surface area contributed by atoms with Gasteiger partial charge in [0.25, 0.3) is 0 Å². The van der Waals surface area contributed by atoms with Gasteiger partial charge in [-0.15, -0.1) is 0 Å². The Hall–Kier alpha value is -0.860. The molecule has 1 saturated heterocycles. The summed E-state index contributed by atoms with van der Waals surface area (Å²) in [6, 6.07) is 9.79. The smallest absolute Gasteiger partial charge is 0.0237 e. The number of hydrogen-bond acceptors (Lipinski definition) is 2. The van der Waals surface area contributed by atoms with Crippen LogP contribution in [-0.4, -0.2) is 43.0 Å². The van der Waals surface area contributed by atoms with Gasteiger partial charge in [0.2, 0.25) is 0 Å². The van der Waals surface area contributed by atoms with Gasteiger partial charge in [0.05, 0.1) is 0 Å². The highest BCUT2D eigenvalue weighted by Gasteiger charge is 2.26. The molecule has 0 spiro atoms. The molecular formula is C15H21N2. The van der Waals surface area contributed by atoms with Crippen LogP contribution in [0.25, 0.3) is 0 Å². The maximum atomic E-state index is 3.24. The van der Waals surface area contributed by atoms with E-state index in [4.69, 9.17) is 0 Å². The molecule has 1 heterocycles. The molecule has 1 saturated carbocycles. The molecule has 0 unspecified atom stereocenters. The fraction of sp³-hybridized carbons (Fsp3) is 0.600. The lowest BCUT2D eigenvalue weighted by atomic mass is 10.0. The van der Waals surface area contributed by atoms with Gasteiger partial charge in [-0.1, -0.05) is 18.2 Å². The van der Waals surface area contributed by atoms with Crippen molar-refractivity contribution in [3.05, 3.63) is 35.4 Å². The minimum Gasteiger partial charge on any atom is -0.304 e. The van der Waals surface area contributed by atoms with E-state index in [9.17, 15) is 0 Å². The minimum atomic E-state index is 0.843. The number of nitrogens with zero attached hydrogens (tertiary/aromatic N) is 2. The quantitative estimate of drug-likeness (QED) is 0.783. The van der Waals surface area contributed by atoms with Gasteiger partial charge < -0.3 is 4.90 Å². The third-order valence-corrected chi connectivity index (χ3v) is 4.00. The van der Waals surface area contributed by atoms with Gasteiger partial charge in [0.15, 0.2) is 0 Å². The molecule has 91 valence electrons. The summed E-state index contributed by atoms with van der Waals surface area (Å²) in [7, 11) is 2.21. The molecule has 2 nitrogen and oxygen atoms in total. The molecule has 1 radical (unpaired) electrons. The minimum absolute atomic E-state index is 0.843. The van der Waals surface area contributed by atoms with Crippen LogP contribution in [0.15, 0.2) is 18.2 Å². The fourth-order valence-corrected chi connectivity index (χ4v) is 2.64. The van der Waals surface area contributed by atoms with Crippen LogP contribution in [-0.2, 0) is 6.54 Å². The van der Waals surface area contributed by atoms with Crippen molar-refractivity contribution < 1.29 is 0 Å². The van der Waals surface area contributed by atoms with Crippen molar-refractivity contribution in [1.29, 1.82) is 0 Å². The molecule has 1 aromatic rings. The van der Waals surface area contributed by atoms with E-state index in [0.717, 1.165) is 12.5 Å². The Kier molecular flexibility index (Phi) is 3.17. The second-order valence-electron chi connectivity index (χ2n) is 5.48. The molecule has 17 heavy (non-hydrogen) atoms. The second-order valence-corrected chi connectivity index (χ2v) is 5.48. The first-order valence-electron chi connectivity index (χ1n) is 6.73. The zero-order valence-corrected chi connectivity index (χ0v) is 10.7. The lowest BCUT2D eigenvalue weighted by Gasteiger charge is -2.32. The molecule has 1 aliphatic heterocycles. The van der Waals surface area contributed by atoms with Crippen LogP contribution in [0, 0.1) is 6.07 Å². The normalized spacial score (nSPS) is 22.9. The number of hydrogen-bond donors (Lipinski definition) is 0. The average Bonchev–Trinajstić information content (AvgIpc) is 3.17. The maximum Gasteiger partial charge on any atom is 0.0237 e. The van der Waals surface area contributed by atoms with Crippen LogP contribution in [0.2, 0.25) is 0 Å². The molecule has 0 bridgehead atoms. The summed E-state index contributed by atoms with van der Waals surface area (Å²) in [5.41, 5.74) is 3.10. The summed E-state index contributed by atoms with van der Waals surface area (Å²) < 4.78 is 0. The van der Waals surface area contributed by atoms with E-state index in [-0.39, 0.29) is 0 Å². The third kappa shape index (κ3) is 2.70. The van der Waals surface area contributed by atoms with Gasteiger partial charge >= 0.3 is 0 Å². The first kappa shape index (κ1) is 11.2. The molecule has 2 heteroatoms. The van der Waals surface area contributed by atoms with Gasteiger partial charge in [0.1, 0.15) is 0 Å². The number of rotatable bonds is 3. The van der Waals surface area contributed by atoms with E-state index in [0.29, 0.717) is 0 Å². The van der Waals surface area contributed by atoms with Crippen LogP contribution in [0.5, 0.6) is 0 Å². The summed E-state index contributed by atoms with van der Waals surface area (Å²) in [4.78, 5) is 5.00. The number of benzene rings is 1. The highest BCUT2D eigenvalue weighted by Crippen LogP contribution is 2.41.